The van der Waals surface area contributed by atoms with E-state index in [4.69, 9.17) is 9.88 Å². The highest BCUT2D eigenvalue weighted by molar-refractivity contribution is 7.89. The first-order valence-electron chi connectivity index (χ1n) is 14.3. The number of hydrogen-bond donors (Lipinski definition) is 5. The molecular weight excluding hydrogens is 599 g/mol. The molecule has 1 aliphatic carbocycles. The Morgan fingerprint density at radius 2 is 1.75 bits per heavy atom. The van der Waals surface area contributed by atoms with Gasteiger partial charge in [0.05, 0.1) is 47.7 Å². The summed E-state index contributed by atoms with van der Waals surface area (Å²) in [6.45, 7) is -0.210. The number of anilines is 2. The highest BCUT2D eigenvalue weighted by Gasteiger charge is 2.35. The molecule has 5 rings (SSSR count). The van der Waals surface area contributed by atoms with Crippen LogP contribution in [0.4, 0.5) is 24.5 Å². The van der Waals surface area contributed by atoms with Crippen LogP contribution in [0.5, 0.6) is 5.75 Å². The van der Waals surface area contributed by atoms with E-state index < -0.39 is 35.0 Å². The molecule has 2 atom stereocenters. The van der Waals surface area contributed by atoms with E-state index >= 15 is 0 Å². The van der Waals surface area contributed by atoms with Crippen molar-refractivity contribution in [3.63, 3.8) is 0 Å². The summed E-state index contributed by atoms with van der Waals surface area (Å²) in [5, 5.41) is 32.2. The smallest absolute Gasteiger partial charge is 0.406 e. The summed E-state index contributed by atoms with van der Waals surface area (Å²) < 4.78 is 70.5. The molecule has 2 heterocycles. The number of alkyl halides is 3. The number of aliphatic hydroxyl groups excluding tert-OH is 2. The van der Waals surface area contributed by atoms with Gasteiger partial charge in [0.1, 0.15) is 12.3 Å². The minimum Gasteiger partial charge on any atom is -0.495 e. The van der Waals surface area contributed by atoms with Gasteiger partial charge < -0.3 is 30.2 Å². The van der Waals surface area contributed by atoms with Gasteiger partial charge in [-0.05, 0) is 61.9 Å². The third-order valence-electron chi connectivity index (χ3n) is 8.23. The third-order valence-corrected chi connectivity index (χ3v) is 9.14. The topological polar surface area (TPSA) is 142 Å². The number of hydrogen-bond acceptors (Lipinski definition) is 8. The van der Waals surface area contributed by atoms with E-state index in [9.17, 15) is 31.8 Å². The zero-order chi connectivity index (χ0) is 31.6. The maximum absolute atomic E-state index is 13.6. The van der Waals surface area contributed by atoms with Crippen molar-refractivity contribution in [1.82, 2.24) is 9.47 Å². The van der Waals surface area contributed by atoms with Crippen LogP contribution in [0.15, 0.2) is 47.4 Å². The molecule has 2 aliphatic rings. The van der Waals surface area contributed by atoms with Gasteiger partial charge in [-0.1, -0.05) is 12.0 Å². The highest BCUT2D eigenvalue weighted by atomic mass is 32.2. The SMILES string of the molecule is COc1cc(S(N)(=O)=O)ccc1NCC#Cc1cc2c(NC3CCC(N4C[C@@H](O)[C@H](O)C4)CC3)cccc2n1CC(F)(F)F. The molecule has 1 saturated carbocycles. The lowest BCUT2D eigenvalue weighted by Gasteiger charge is -2.35. The molecule has 2 aromatic carbocycles. The predicted molar refractivity (Wildman–Crippen MR) is 161 cm³/mol. The monoisotopic (exact) mass is 635 g/mol. The standard InChI is InChI=1S/C30H36F3N5O5S/c1-43-29-15-22(44(34,41)42)11-12-25(29)35-13-3-4-21-14-23-24(5-2-6-26(23)38(21)18-30(31,32)33)36-19-7-9-20(10-8-19)37-16-27(39)28(40)17-37/h2,5-6,11-12,14-15,19-20,27-28,35-36,39-40H,7-10,13,16-18H2,1H3,(H2,34,41,42)/t19?,20?,27-,28-/m1/s1. The van der Waals surface area contributed by atoms with Crippen molar-refractivity contribution in [3.05, 3.63) is 48.2 Å². The molecule has 10 nitrogen and oxygen atoms in total. The molecular formula is C30H36F3N5O5S. The van der Waals surface area contributed by atoms with Gasteiger partial charge in [0.2, 0.25) is 10.0 Å². The lowest BCUT2D eigenvalue weighted by atomic mass is 9.90. The molecule has 0 radical (unpaired) electrons. The number of fused-ring (bicyclic) bond motifs is 1. The molecule has 1 aromatic heterocycles. The van der Waals surface area contributed by atoms with Crippen molar-refractivity contribution < 1.29 is 36.5 Å². The molecule has 0 bridgehead atoms. The van der Waals surface area contributed by atoms with Crippen molar-refractivity contribution in [2.24, 2.45) is 5.14 Å². The van der Waals surface area contributed by atoms with Gasteiger partial charge in [-0.25, -0.2) is 13.6 Å². The zero-order valence-electron chi connectivity index (χ0n) is 24.1. The number of nitrogens with one attached hydrogen (secondary N) is 2. The van der Waals surface area contributed by atoms with Crippen LogP contribution in [-0.4, -0.2) is 85.3 Å². The lowest BCUT2D eigenvalue weighted by Crippen LogP contribution is -2.39. The number of primary sulfonamides is 1. The van der Waals surface area contributed by atoms with Crippen molar-refractivity contribution in [2.45, 2.75) is 67.6 Å². The van der Waals surface area contributed by atoms with Crippen LogP contribution in [0.1, 0.15) is 31.4 Å². The Morgan fingerprint density at radius 1 is 1.05 bits per heavy atom. The Bertz CT molecular complexity index is 1650. The number of methoxy groups -OCH3 is 1. The van der Waals surface area contributed by atoms with Crippen LogP contribution in [0.2, 0.25) is 0 Å². The van der Waals surface area contributed by atoms with Gasteiger partial charge in [0.25, 0.3) is 0 Å². The number of nitrogens with two attached hydrogens (primary N) is 1. The van der Waals surface area contributed by atoms with Crippen LogP contribution in [0.3, 0.4) is 0 Å². The highest BCUT2D eigenvalue weighted by Crippen LogP contribution is 2.33. The maximum atomic E-state index is 13.6. The average Bonchev–Trinajstić information content (AvgIpc) is 3.49. The van der Waals surface area contributed by atoms with Gasteiger partial charge in [0.15, 0.2) is 0 Å². The van der Waals surface area contributed by atoms with Gasteiger partial charge in [-0.3, -0.25) is 4.90 Å². The summed E-state index contributed by atoms with van der Waals surface area (Å²) in [4.78, 5) is 2.02. The molecule has 6 N–H and O–H groups in total. The fraction of sp³-hybridized carbons (Fsp3) is 0.467. The number of ether oxygens (including phenoxy) is 1. The second-order valence-corrected chi connectivity index (χ2v) is 12.8. The fourth-order valence-corrected chi connectivity index (χ4v) is 6.56. The van der Waals surface area contributed by atoms with Crippen molar-refractivity contribution in [3.8, 4) is 17.6 Å². The van der Waals surface area contributed by atoms with Crippen molar-refractivity contribution >= 4 is 32.3 Å². The number of likely N-dealkylation sites (tertiary alicyclic amines) is 1. The zero-order valence-corrected chi connectivity index (χ0v) is 25.0. The minimum absolute atomic E-state index is 0.0536. The Hall–Kier alpha value is -3.48. The average molecular weight is 636 g/mol. The lowest BCUT2D eigenvalue weighted by molar-refractivity contribution is -0.140. The number of aliphatic hydroxyl groups is 2. The number of sulfonamides is 1. The van der Waals surface area contributed by atoms with Crippen LogP contribution < -0.4 is 20.5 Å². The Labute approximate surface area is 254 Å². The first kappa shape index (κ1) is 31.9. The van der Waals surface area contributed by atoms with Crippen molar-refractivity contribution in [2.75, 3.05) is 37.4 Å². The molecule has 0 unspecified atom stereocenters. The van der Waals surface area contributed by atoms with Crippen LogP contribution in [-0.2, 0) is 16.6 Å². The fourth-order valence-electron chi connectivity index (χ4n) is 6.03. The van der Waals surface area contributed by atoms with E-state index in [1.54, 1.807) is 18.2 Å². The van der Waals surface area contributed by atoms with Gasteiger partial charge >= 0.3 is 6.18 Å². The molecule has 238 valence electrons. The quantitative estimate of drug-likeness (QED) is 0.238. The largest absolute Gasteiger partial charge is 0.495 e. The van der Waals surface area contributed by atoms with Crippen molar-refractivity contribution in [1.29, 1.82) is 0 Å². The molecule has 1 aliphatic heterocycles. The number of aromatic nitrogens is 1. The first-order chi connectivity index (χ1) is 20.8. The van der Waals surface area contributed by atoms with Crippen LogP contribution in [0.25, 0.3) is 10.9 Å². The van der Waals surface area contributed by atoms with Gasteiger partial charge in [-0.15, -0.1) is 0 Å². The third kappa shape index (κ3) is 7.41. The van der Waals surface area contributed by atoms with E-state index in [1.807, 2.05) is 6.07 Å². The first-order valence-corrected chi connectivity index (χ1v) is 15.9. The minimum atomic E-state index is -4.46. The predicted octanol–water partition coefficient (Wildman–Crippen LogP) is 3.08. The summed E-state index contributed by atoms with van der Waals surface area (Å²) in [6, 6.07) is 11.4. The summed E-state index contributed by atoms with van der Waals surface area (Å²) in [7, 11) is -2.55. The van der Waals surface area contributed by atoms with E-state index in [0.717, 1.165) is 35.9 Å². The number of benzene rings is 2. The maximum Gasteiger partial charge on any atom is 0.406 e. The molecule has 14 heteroatoms. The number of halogens is 3. The molecule has 2 fully saturated rings. The summed E-state index contributed by atoms with van der Waals surface area (Å²) in [5.41, 5.74) is 1.81. The summed E-state index contributed by atoms with van der Waals surface area (Å²) >= 11 is 0. The molecule has 0 spiro atoms. The van der Waals surface area contributed by atoms with E-state index in [0.29, 0.717) is 29.7 Å². The van der Waals surface area contributed by atoms with Crippen LogP contribution in [0, 0.1) is 11.8 Å². The van der Waals surface area contributed by atoms with Gasteiger partial charge in [-0.2, -0.15) is 13.2 Å². The number of β-amino-alcohol motifs (C(OH)–C–C–N with tert-alkyl or cyclic N) is 2. The second kappa shape index (κ2) is 12.9. The van der Waals surface area contributed by atoms with Gasteiger partial charge in [0, 0.05) is 42.3 Å². The number of rotatable bonds is 8. The normalized spacial score (nSPS) is 22.9. The Kier molecular flexibility index (Phi) is 9.33. The molecule has 44 heavy (non-hydrogen) atoms. The summed E-state index contributed by atoms with van der Waals surface area (Å²) in [6.07, 6.45) is -2.41. The van der Waals surface area contributed by atoms with E-state index in [2.05, 4.69) is 27.4 Å². The van der Waals surface area contributed by atoms with Crippen LogP contribution >= 0.6 is 0 Å². The summed E-state index contributed by atoms with van der Waals surface area (Å²) in [5.74, 6) is 5.95. The van der Waals surface area contributed by atoms with E-state index in [-0.39, 0.29) is 35.0 Å². The van der Waals surface area contributed by atoms with E-state index in [1.165, 1.54) is 25.3 Å². The molecule has 3 aromatic rings. The second-order valence-electron chi connectivity index (χ2n) is 11.3. The number of nitrogens with zero attached hydrogens (tertiary/aromatic N) is 2. The molecule has 0 amide bonds. The Morgan fingerprint density at radius 3 is 2.39 bits per heavy atom. The molecule has 1 saturated heterocycles. The Balaban J connectivity index is 1.32.